The van der Waals surface area contributed by atoms with Crippen LogP contribution in [0.25, 0.3) is 0 Å². The van der Waals surface area contributed by atoms with E-state index in [1.165, 1.54) is 22.8 Å². The number of hydrogen-bond donors (Lipinski definition) is 0. The van der Waals surface area contributed by atoms with Crippen LogP contribution in [0.15, 0.2) is 24.3 Å². The largest absolute Gasteiger partial charge is 0.371 e. The number of para-hydroxylation sites is 1. The molecule has 6 nitrogen and oxygen atoms in total. The number of anilines is 1. The average molecular weight is 351 g/mol. The second kappa shape index (κ2) is 7.11. The summed E-state index contributed by atoms with van der Waals surface area (Å²) in [5.74, 6) is -0.00128. The van der Waals surface area contributed by atoms with Crippen LogP contribution in [-0.4, -0.2) is 62.5 Å². The molecule has 0 saturated carbocycles. The molecule has 0 radical (unpaired) electrons. The monoisotopic (exact) mass is 351 g/mol. The van der Waals surface area contributed by atoms with Crippen molar-refractivity contribution in [2.24, 2.45) is 0 Å². The Morgan fingerprint density at radius 3 is 2.50 bits per heavy atom. The fourth-order valence-electron chi connectivity index (χ4n) is 3.40. The molecule has 1 amide bonds. The molecule has 7 heteroatoms. The molecule has 0 unspecified atom stereocenters. The summed E-state index contributed by atoms with van der Waals surface area (Å²) in [6, 6.07) is 8.15. The quantitative estimate of drug-likeness (QED) is 0.802. The summed E-state index contributed by atoms with van der Waals surface area (Å²) in [7, 11) is -1.49. The fraction of sp³-hybridized carbons (Fsp3) is 0.588. The Kier molecular flexibility index (Phi) is 5.10. The number of carbonyl (C=O) groups excluding carboxylic acids is 1. The molecule has 0 aromatic heterocycles. The molecule has 2 aliphatic heterocycles. The van der Waals surface area contributed by atoms with Gasteiger partial charge in [0.15, 0.2) is 0 Å². The molecular weight excluding hydrogens is 326 g/mol. The minimum atomic E-state index is -3.23. The van der Waals surface area contributed by atoms with E-state index in [2.05, 4.69) is 11.0 Å². The van der Waals surface area contributed by atoms with E-state index in [0.717, 1.165) is 18.7 Å². The minimum Gasteiger partial charge on any atom is -0.371 e. The van der Waals surface area contributed by atoms with E-state index in [9.17, 15) is 13.2 Å². The molecular formula is C17H25N3O3S. The van der Waals surface area contributed by atoms with Crippen LogP contribution in [0, 0.1) is 0 Å². The molecule has 132 valence electrons. The maximum Gasteiger partial charge on any atom is 0.237 e. The van der Waals surface area contributed by atoms with E-state index in [0.29, 0.717) is 19.5 Å². The minimum absolute atomic E-state index is 0.0509. The maximum atomic E-state index is 12.4. The molecule has 0 atom stereocenters. The zero-order chi connectivity index (χ0) is 17.2. The summed E-state index contributed by atoms with van der Waals surface area (Å²) in [4.78, 5) is 16.4. The van der Waals surface area contributed by atoms with Crippen molar-refractivity contribution in [1.29, 1.82) is 0 Å². The second-order valence-electron chi connectivity index (χ2n) is 6.58. The van der Waals surface area contributed by atoms with Gasteiger partial charge in [0.2, 0.25) is 15.9 Å². The average Bonchev–Trinajstić information content (AvgIpc) is 3.18. The standard InChI is InChI=1S/C17H25N3O3S/c1-18(17(21)14-20-11-6-12-24(20,22)23)13-15-7-2-3-8-16(15)19-9-4-5-10-19/h2-3,7-8H,4-6,9-14H2,1H3. The molecule has 0 N–H and O–H groups in total. The highest BCUT2D eigenvalue weighted by Crippen LogP contribution is 2.25. The van der Waals surface area contributed by atoms with Gasteiger partial charge in [0.1, 0.15) is 0 Å². The summed E-state index contributed by atoms with van der Waals surface area (Å²) in [5, 5.41) is 0. The lowest BCUT2D eigenvalue weighted by molar-refractivity contribution is -0.130. The van der Waals surface area contributed by atoms with Crippen LogP contribution < -0.4 is 4.90 Å². The lowest BCUT2D eigenvalue weighted by atomic mass is 10.1. The van der Waals surface area contributed by atoms with Gasteiger partial charge in [-0.2, -0.15) is 4.31 Å². The zero-order valence-electron chi connectivity index (χ0n) is 14.1. The van der Waals surface area contributed by atoms with Crippen molar-refractivity contribution in [2.45, 2.75) is 25.8 Å². The Bertz CT molecular complexity index is 699. The van der Waals surface area contributed by atoms with Crippen molar-refractivity contribution in [3.63, 3.8) is 0 Å². The Morgan fingerprint density at radius 2 is 1.83 bits per heavy atom. The smallest absolute Gasteiger partial charge is 0.237 e. The number of likely N-dealkylation sites (N-methyl/N-ethyl adjacent to an activating group) is 1. The SMILES string of the molecule is CN(Cc1ccccc1N1CCCC1)C(=O)CN1CCCS1(=O)=O. The van der Waals surface area contributed by atoms with Crippen molar-refractivity contribution in [1.82, 2.24) is 9.21 Å². The molecule has 1 aromatic carbocycles. The van der Waals surface area contributed by atoms with Gasteiger partial charge < -0.3 is 9.80 Å². The first-order valence-electron chi connectivity index (χ1n) is 8.52. The lowest BCUT2D eigenvalue weighted by Gasteiger charge is -2.25. The third kappa shape index (κ3) is 3.72. The Morgan fingerprint density at radius 1 is 1.12 bits per heavy atom. The first-order chi connectivity index (χ1) is 11.5. The molecule has 0 bridgehead atoms. The molecule has 2 aliphatic rings. The number of amides is 1. The summed E-state index contributed by atoms with van der Waals surface area (Å²) < 4.78 is 25.0. The number of nitrogens with zero attached hydrogens (tertiary/aromatic N) is 3. The van der Waals surface area contributed by atoms with Crippen molar-refractivity contribution in [3.05, 3.63) is 29.8 Å². The lowest BCUT2D eigenvalue weighted by Crippen LogP contribution is -2.39. The molecule has 24 heavy (non-hydrogen) atoms. The van der Waals surface area contributed by atoms with Crippen molar-refractivity contribution < 1.29 is 13.2 Å². The Balaban J connectivity index is 1.66. The van der Waals surface area contributed by atoms with Crippen LogP contribution in [-0.2, 0) is 21.4 Å². The topological polar surface area (TPSA) is 60.9 Å². The first-order valence-corrected chi connectivity index (χ1v) is 10.1. The van der Waals surface area contributed by atoms with Gasteiger partial charge in [-0.15, -0.1) is 0 Å². The van der Waals surface area contributed by atoms with E-state index in [-0.39, 0.29) is 18.2 Å². The Hall–Kier alpha value is -1.60. The molecule has 0 spiro atoms. The molecule has 2 fully saturated rings. The van der Waals surface area contributed by atoms with Crippen LogP contribution in [0.2, 0.25) is 0 Å². The number of carbonyl (C=O) groups is 1. The van der Waals surface area contributed by atoms with Gasteiger partial charge >= 0.3 is 0 Å². The molecule has 2 saturated heterocycles. The molecule has 3 rings (SSSR count). The summed E-state index contributed by atoms with van der Waals surface area (Å²) >= 11 is 0. The number of rotatable bonds is 5. The highest BCUT2D eigenvalue weighted by molar-refractivity contribution is 7.89. The number of sulfonamides is 1. The first kappa shape index (κ1) is 17.2. The van der Waals surface area contributed by atoms with Crippen LogP contribution in [0.3, 0.4) is 0 Å². The normalized spacial score (nSPS) is 20.5. The van der Waals surface area contributed by atoms with Crippen LogP contribution in [0.5, 0.6) is 0 Å². The third-order valence-electron chi connectivity index (χ3n) is 4.79. The summed E-state index contributed by atoms with van der Waals surface area (Å²) in [6.45, 7) is 3.01. The predicted molar refractivity (Wildman–Crippen MR) is 94.3 cm³/mol. The molecule has 1 aromatic rings. The van der Waals surface area contributed by atoms with E-state index in [1.807, 2.05) is 18.2 Å². The van der Waals surface area contributed by atoms with Crippen molar-refractivity contribution >= 4 is 21.6 Å². The van der Waals surface area contributed by atoms with E-state index < -0.39 is 10.0 Å². The number of hydrogen-bond acceptors (Lipinski definition) is 4. The Labute approximate surface area is 144 Å². The fourth-order valence-corrected chi connectivity index (χ4v) is 4.86. The summed E-state index contributed by atoms with van der Waals surface area (Å²) in [6.07, 6.45) is 3.02. The van der Waals surface area contributed by atoms with Gasteiger partial charge in [0, 0.05) is 38.9 Å². The van der Waals surface area contributed by atoms with Crippen molar-refractivity contribution in [2.75, 3.05) is 43.9 Å². The van der Waals surface area contributed by atoms with E-state index in [1.54, 1.807) is 11.9 Å². The highest BCUT2D eigenvalue weighted by atomic mass is 32.2. The second-order valence-corrected chi connectivity index (χ2v) is 8.66. The zero-order valence-corrected chi connectivity index (χ0v) is 15.0. The van der Waals surface area contributed by atoms with Gasteiger partial charge in [-0.25, -0.2) is 8.42 Å². The molecule has 2 heterocycles. The van der Waals surface area contributed by atoms with Crippen LogP contribution >= 0.6 is 0 Å². The van der Waals surface area contributed by atoms with E-state index >= 15 is 0 Å². The van der Waals surface area contributed by atoms with Crippen LogP contribution in [0.1, 0.15) is 24.8 Å². The van der Waals surface area contributed by atoms with Gasteiger partial charge in [-0.05, 0) is 30.9 Å². The van der Waals surface area contributed by atoms with Crippen LogP contribution in [0.4, 0.5) is 5.69 Å². The van der Waals surface area contributed by atoms with Gasteiger partial charge in [-0.3, -0.25) is 4.79 Å². The predicted octanol–water partition coefficient (Wildman–Crippen LogP) is 1.28. The number of benzene rings is 1. The van der Waals surface area contributed by atoms with Crippen molar-refractivity contribution in [3.8, 4) is 0 Å². The van der Waals surface area contributed by atoms with Gasteiger partial charge in [-0.1, -0.05) is 18.2 Å². The van der Waals surface area contributed by atoms with Gasteiger partial charge in [0.05, 0.1) is 12.3 Å². The highest BCUT2D eigenvalue weighted by Gasteiger charge is 2.30. The maximum absolute atomic E-state index is 12.4. The summed E-state index contributed by atoms with van der Waals surface area (Å²) in [5.41, 5.74) is 2.29. The molecule has 0 aliphatic carbocycles. The van der Waals surface area contributed by atoms with Gasteiger partial charge in [0.25, 0.3) is 0 Å². The third-order valence-corrected chi connectivity index (χ3v) is 6.69. The van der Waals surface area contributed by atoms with E-state index in [4.69, 9.17) is 0 Å².